The van der Waals surface area contributed by atoms with E-state index in [4.69, 9.17) is 14.2 Å². The van der Waals surface area contributed by atoms with Gasteiger partial charge in [-0.05, 0) is 26.3 Å². The Labute approximate surface area is 168 Å². The number of fused-ring (bicyclic) bond motifs is 1. The number of carbonyl (C=O) groups excluding carboxylic acids is 2. The van der Waals surface area contributed by atoms with Crippen LogP contribution in [0.15, 0.2) is 34.5 Å². The van der Waals surface area contributed by atoms with Crippen LogP contribution in [0.3, 0.4) is 0 Å². The van der Waals surface area contributed by atoms with E-state index in [9.17, 15) is 9.59 Å². The zero-order valence-corrected chi connectivity index (χ0v) is 17.3. The number of ether oxygens (including phenoxy) is 3. The van der Waals surface area contributed by atoms with Crippen molar-refractivity contribution < 1.29 is 23.8 Å². The van der Waals surface area contributed by atoms with Crippen LogP contribution in [0.1, 0.15) is 38.8 Å². The zero-order chi connectivity index (χ0) is 20.3. The van der Waals surface area contributed by atoms with E-state index >= 15 is 0 Å². The fraction of sp³-hybridized carbons (Fsp3) is 0.450. The molecule has 28 heavy (non-hydrogen) atoms. The van der Waals surface area contributed by atoms with Crippen molar-refractivity contribution in [3.63, 3.8) is 0 Å². The number of hydrogen-bond acceptors (Lipinski definition) is 7. The molecule has 1 aromatic carbocycles. The molecule has 2 heterocycles. The fourth-order valence-corrected chi connectivity index (χ4v) is 4.21. The fourth-order valence-electron chi connectivity index (χ4n) is 3.27. The monoisotopic (exact) mass is 404 g/mol. The van der Waals surface area contributed by atoms with E-state index in [1.807, 2.05) is 19.1 Å². The van der Waals surface area contributed by atoms with Crippen molar-refractivity contribution in [3.05, 3.63) is 35.0 Å². The van der Waals surface area contributed by atoms with Crippen LogP contribution in [0.5, 0.6) is 11.5 Å². The third kappa shape index (κ3) is 3.61. The molecule has 0 bridgehead atoms. The molecule has 1 amide bonds. The average molecular weight is 404 g/mol. The molecule has 0 N–H and O–H groups in total. The molecule has 3 rings (SSSR count). The van der Waals surface area contributed by atoms with E-state index in [1.165, 1.54) is 11.8 Å². The first-order valence-electron chi connectivity index (χ1n) is 9.24. The Morgan fingerprint density at radius 1 is 1.36 bits per heavy atom. The van der Waals surface area contributed by atoms with Crippen LogP contribution in [0.25, 0.3) is 0 Å². The molecule has 0 unspecified atom stereocenters. The summed E-state index contributed by atoms with van der Waals surface area (Å²) in [6.45, 7) is 6.24. The Morgan fingerprint density at radius 3 is 2.82 bits per heavy atom. The predicted molar refractivity (Wildman–Crippen MR) is 108 cm³/mol. The van der Waals surface area contributed by atoms with Crippen LogP contribution in [0.4, 0.5) is 0 Å². The van der Waals surface area contributed by atoms with Gasteiger partial charge in [0.05, 0.1) is 37.3 Å². The number of hydrogen-bond donors (Lipinski definition) is 0. The lowest BCUT2D eigenvalue weighted by Crippen LogP contribution is -2.39. The Balaban J connectivity index is 2.19. The summed E-state index contributed by atoms with van der Waals surface area (Å²) < 4.78 is 16.8. The Hall–Kier alpha value is -2.48. The summed E-state index contributed by atoms with van der Waals surface area (Å²) in [5.41, 5.74) is 1.57. The highest BCUT2D eigenvalue weighted by Gasteiger charge is 2.44. The number of aliphatic imine (C=N–C) groups is 1. The molecule has 1 aromatic rings. The molecule has 0 radical (unpaired) electrons. The molecule has 0 aromatic heterocycles. The van der Waals surface area contributed by atoms with Gasteiger partial charge in [0.2, 0.25) is 5.91 Å². The number of nitrogens with zero attached hydrogens (tertiary/aromatic N) is 2. The van der Waals surface area contributed by atoms with Gasteiger partial charge in [-0.3, -0.25) is 9.69 Å². The molecular weight excluding hydrogens is 380 g/mol. The van der Waals surface area contributed by atoms with E-state index in [1.54, 1.807) is 31.9 Å². The molecule has 150 valence electrons. The van der Waals surface area contributed by atoms with E-state index in [2.05, 4.69) is 4.99 Å². The summed E-state index contributed by atoms with van der Waals surface area (Å²) in [5.74, 6) is 0.773. The third-order valence-corrected chi connectivity index (χ3v) is 5.39. The van der Waals surface area contributed by atoms with Crippen LogP contribution in [0, 0.1) is 0 Å². The lowest BCUT2D eigenvalue weighted by Gasteiger charge is -2.34. The molecule has 8 heteroatoms. The quantitative estimate of drug-likeness (QED) is 0.649. The number of para-hydroxylation sites is 1. The Kier molecular flexibility index (Phi) is 6.28. The minimum atomic E-state index is -0.670. The lowest BCUT2D eigenvalue weighted by molar-refractivity contribution is -0.139. The van der Waals surface area contributed by atoms with Crippen LogP contribution in [-0.4, -0.2) is 48.0 Å². The maximum atomic E-state index is 12.8. The Bertz CT molecular complexity index is 849. The lowest BCUT2D eigenvalue weighted by atomic mass is 9.93. The summed E-state index contributed by atoms with van der Waals surface area (Å²) in [4.78, 5) is 31.5. The van der Waals surface area contributed by atoms with E-state index in [-0.39, 0.29) is 18.3 Å². The number of carbonyl (C=O) groups is 2. The van der Waals surface area contributed by atoms with Gasteiger partial charge in [0.25, 0.3) is 0 Å². The molecule has 1 saturated heterocycles. The van der Waals surface area contributed by atoms with Crippen LogP contribution in [-0.2, 0) is 14.3 Å². The molecule has 7 nitrogen and oxygen atoms in total. The molecule has 2 aliphatic rings. The van der Waals surface area contributed by atoms with Gasteiger partial charge in [-0.2, -0.15) is 0 Å². The topological polar surface area (TPSA) is 77.4 Å². The van der Waals surface area contributed by atoms with Gasteiger partial charge in [0.1, 0.15) is 6.04 Å². The standard InChI is InChI=1S/C20H24N2O5S/c1-5-10-27-18-13(8-7-9-14(18)25-4)17-16(19(24)26-6-2)12(3)21-20-22(17)15(23)11-28-20/h7-9,17H,5-6,10-11H2,1-4H3/t17-/m0/s1. The number of thioether (sulfide) groups is 1. The van der Waals surface area contributed by atoms with Gasteiger partial charge < -0.3 is 14.2 Å². The Morgan fingerprint density at radius 2 is 2.14 bits per heavy atom. The molecular formula is C20H24N2O5S. The van der Waals surface area contributed by atoms with Crippen molar-refractivity contribution >= 4 is 28.8 Å². The highest BCUT2D eigenvalue weighted by atomic mass is 32.2. The second kappa shape index (κ2) is 8.68. The highest BCUT2D eigenvalue weighted by molar-refractivity contribution is 8.15. The van der Waals surface area contributed by atoms with E-state index in [0.717, 1.165) is 6.42 Å². The predicted octanol–water partition coefficient (Wildman–Crippen LogP) is 3.31. The third-order valence-electron chi connectivity index (χ3n) is 4.45. The van der Waals surface area contributed by atoms with Crippen LogP contribution < -0.4 is 9.47 Å². The maximum Gasteiger partial charge on any atom is 0.338 e. The minimum absolute atomic E-state index is 0.104. The maximum absolute atomic E-state index is 12.8. The number of rotatable bonds is 7. The van der Waals surface area contributed by atoms with Gasteiger partial charge in [0.15, 0.2) is 16.7 Å². The van der Waals surface area contributed by atoms with E-state index in [0.29, 0.717) is 40.1 Å². The number of benzene rings is 1. The average Bonchev–Trinajstić information content (AvgIpc) is 3.05. The number of allylic oxidation sites excluding steroid dienone is 1. The first-order valence-corrected chi connectivity index (χ1v) is 10.2. The second-order valence-corrected chi connectivity index (χ2v) is 7.24. The molecule has 0 aliphatic carbocycles. The van der Waals surface area contributed by atoms with Gasteiger partial charge in [0, 0.05) is 5.56 Å². The summed E-state index contributed by atoms with van der Waals surface area (Å²) in [6, 6.07) is 4.80. The molecule has 1 fully saturated rings. The van der Waals surface area contributed by atoms with Gasteiger partial charge >= 0.3 is 5.97 Å². The number of amides is 1. The molecule has 0 saturated carbocycles. The summed E-state index contributed by atoms with van der Waals surface area (Å²) >= 11 is 1.37. The zero-order valence-electron chi connectivity index (χ0n) is 16.5. The van der Waals surface area contributed by atoms with Crippen LogP contribution >= 0.6 is 11.8 Å². The van der Waals surface area contributed by atoms with Crippen molar-refractivity contribution in [1.82, 2.24) is 4.90 Å². The van der Waals surface area contributed by atoms with Gasteiger partial charge in [-0.15, -0.1) is 0 Å². The summed E-state index contributed by atoms with van der Waals surface area (Å²) in [7, 11) is 1.57. The van der Waals surface area contributed by atoms with Crippen molar-refractivity contribution in [2.75, 3.05) is 26.1 Å². The van der Waals surface area contributed by atoms with Crippen molar-refractivity contribution in [2.24, 2.45) is 4.99 Å². The highest BCUT2D eigenvalue weighted by Crippen LogP contribution is 2.46. The summed E-state index contributed by atoms with van der Waals surface area (Å²) in [5, 5.41) is 0.588. The first kappa shape index (κ1) is 20.3. The molecule has 0 spiro atoms. The van der Waals surface area contributed by atoms with Crippen LogP contribution in [0.2, 0.25) is 0 Å². The van der Waals surface area contributed by atoms with Crippen molar-refractivity contribution in [3.8, 4) is 11.5 Å². The first-order chi connectivity index (χ1) is 13.5. The normalized spacial score (nSPS) is 18.7. The molecule has 1 atom stereocenters. The number of esters is 1. The SMILES string of the molecule is CCCOc1c(OC)cccc1[C@H]1C(C(=O)OCC)=C(C)N=C2SCC(=O)N21. The second-order valence-electron chi connectivity index (χ2n) is 6.30. The smallest absolute Gasteiger partial charge is 0.338 e. The summed E-state index contributed by atoms with van der Waals surface area (Å²) in [6.07, 6.45) is 0.812. The number of methoxy groups -OCH3 is 1. The van der Waals surface area contributed by atoms with Crippen molar-refractivity contribution in [1.29, 1.82) is 0 Å². The van der Waals surface area contributed by atoms with Gasteiger partial charge in [-0.25, -0.2) is 9.79 Å². The number of amidine groups is 1. The largest absolute Gasteiger partial charge is 0.493 e. The minimum Gasteiger partial charge on any atom is -0.493 e. The molecule has 2 aliphatic heterocycles. The van der Waals surface area contributed by atoms with E-state index < -0.39 is 12.0 Å². The van der Waals surface area contributed by atoms with Crippen molar-refractivity contribution in [2.45, 2.75) is 33.2 Å². The van der Waals surface area contributed by atoms with Gasteiger partial charge in [-0.1, -0.05) is 30.8 Å².